The number of aryl methyl sites for hydroxylation is 1. The van der Waals surface area contributed by atoms with E-state index in [-0.39, 0.29) is 0 Å². The van der Waals surface area contributed by atoms with E-state index in [2.05, 4.69) is 34.2 Å². The molecule has 19 heavy (non-hydrogen) atoms. The van der Waals surface area contributed by atoms with E-state index in [0.717, 1.165) is 28.8 Å². The van der Waals surface area contributed by atoms with Gasteiger partial charge in [-0.2, -0.15) is 5.10 Å². The highest BCUT2D eigenvalue weighted by molar-refractivity contribution is 5.43. The number of rotatable bonds is 3. The van der Waals surface area contributed by atoms with Gasteiger partial charge in [0.2, 0.25) is 0 Å². The minimum Gasteiger partial charge on any atom is -0.373 e. The molecule has 0 bridgehead atoms. The second-order valence-corrected chi connectivity index (χ2v) is 5.20. The van der Waals surface area contributed by atoms with E-state index in [9.17, 15) is 0 Å². The molecule has 0 radical (unpaired) electrons. The van der Waals surface area contributed by atoms with Crippen LogP contribution >= 0.6 is 0 Å². The molecule has 0 amide bonds. The molecular formula is C14H19N5. The predicted octanol–water partition coefficient (Wildman–Crippen LogP) is 2.51. The normalized spacial score (nSPS) is 14.7. The largest absolute Gasteiger partial charge is 0.373 e. The van der Waals surface area contributed by atoms with Crippen molar-refractivity contribution in [3.05, 3.63) is 28.8 Å². The maximum absolute atomic E-state index is 4.68. The lowest BCUT2D eigenvalue weighted by atomic mass is 10.2. The van der Waals surface area contributed by atoms with Gasteiger partial charge >= 0.3 is 0 Å². The van der Waals surface area contributed by atoms with Crippen LogP contribution in [0.25, 0.3) is 5.82 Å². The summed E-state index contributed by atoms with van der Waals surface area (Å²) in [6, 6.07) is 1.95. The van der Waals surface area contributed by atoms with Crippen LogP contribution in [0, 0.1) is 20.8 Å². The Balaban J connectivity index is 2.12. The summed E-state index contributed by atoms with van der Waals surface area (Å²) < 4.78 is 1.92. The van der Waals surface area contributed by atoms with E-state index < -0.39 is 0 Å². The third kappa shape index (κ3) is 2.09. The van der Waals surface area contributed by atoms with Gasteiger partial charge in [-0.3, -0.25) is 0 Å². The van der Waals surface area contributed by atoms with Gasteiger partial charge < -0.3 is 5.32 Å². The van der Waals surface area contributed by atoms with Gasteiger partial charge in [-0.05, 0) is 39.2 Å². The van der Waals surface area contributed by atoms with Crippen LogP contribution in [-0.4, -0.2) is 26.8 Å². The summed E-state index contributed by atoms with van der Waals surface area (Å²) >= 11 is 0. The van der Waals surface area contributed by atoms with E-state index in [1.54, 1.807) is 0 Å². The zero-order valence-corrected chi connectivity index (χ0v) is 11.9. The fourth-order valence-electron chi connectivity index (χ4n) is 2.16. The fourth-order valence-corrected chi connectivity index (χ4v) is 2.16. The quantitative estimate of drug-likeness (QED) is 0.918. The first-order valence-electron chi connectivity index (χ1n) is 6.70. The average Bonchev–Trinajstić information content (AvgIpc) is 3.23. The van der Waals surface area contributed by atoms with Gasteiger partial charge in [0.1, 0.15) is 11.6 Å². The van der Waals surface area contributed by atoms with Crippen molar-refractivity contribution in [1.29, 1.82) is 0 Å². The van der Waals surface area contributed by atoms with Gasteiger partial charge in [0.05, 0.1) is 5.69 Å². The van der Waals surface area contributed by atoms with Gasteiger partial charge in [0, 0.05) is 24.7 Å². The van der Waals surface area contributed by atoms with Crippen molar-refractivity contribution in [3.8, 4) is 5.82 Å². The Hall–Kier alpha value is -1.91. The number of aromatic nitrogens is 4. The molecule has 0 aromatic carbocycles. The molecule has 1 N–H and O–H groups in total. The highest BCUT2D eigenvalue weighted by atomic mass is 15.3. The molecule has 2 aromatic heterocycles. The summed E-state index contributed by atoms with van der Waals surface area (Å²) in [6.07, 6.45) is 2.39. The molecule has 0 saturated heterocycles. The van der Waals surface area contributed by atoms with Gasteiger partial charge in [0.25, 0.3) is 0 Å². The van der Waals surface area contributed by atoms with Crippen LogP contribution in [0.1, 0.15) is 41.5 Å². The number of hydrogen-bond donors (Lipinski definition) is 1. The van der Waals surface area contributed by atoms with E-state index in [1.165, 1.54) is 18.4 Å². The lowest BCUT2D eigenvalue weighted by molar-refractivity contribution is 0.781. The molecule has 5 heteroatoms. The summed E-state index contributed by atoms with van der Waals surface area (Å²) in [5.41, 5.74) is 3.41. The molecule has 0 spiro atoms. The Labute approximate surface area is 113 Å². The molecule has 1 saturated carbocycles. The Morgan fingerprint density at radius 1 is 1.21 bits per heavy atom. The van der Waals surface area contributed by atoms with Crippen LogP contribution < -0.4 is 5.32 Å². The van der Waals surface area contributed by atoms with Crippen molar-refractivity contribution >= 4 is 5.82 Å². The Bertz CT molecular complexity index is 625. The molecule has 0 aliphatic heterocycles. The summed E-state index contributed by atoms with van der Waals surface area (Å²) in [4.78, 5) is 9.21. The molecule has 0 atom stereocenters. The molecule has 1 aliphatic rings. The lowest BCUT2D eigenvalue weighted by Crippen LogP contribution is -2.07. The Morgan fingerprint density at radius 3 is 2.47 bits per heavy atom. The van der Waals surface area contributed by atoms with Crippen LogP contribution in [0.15, 0.2) is 6.07 Å². The average molecular weight is 257 g/mol. The predicted molar refractivity (Wildman–Crippen MR) is 74.9 cm³/mol. The maximum Gasteiger partial charge on any atom is 0.159 e. The third-order valence-electron chi connectivity index (χ3n) is 3.80. The van der Waals surface area contributed by atoms with E-state index in [0.29, 0.717) is 5.92 Å². The van der Waals surface area contributed by atoms with Crippen molar-refractivity contribution in [1.82, 2.24) is 19.7 Å². The van der Waals surface area contributed by atoms with Crippen molar-refractivity contribution in [3.63, 3.8) is 0 Å². The van der Waals surface area contributed by atoms with Crippen LogP contribution in [0.2, 0.25) is 0 Å². The van der Waals surface area contributed by atoms with Gasteiger partial charge in [-0.25, -0.2) is 14.6 Å². The molecule has 1 fully saturated rings. The first-order valence-corrected chi connectivity index (χ1v) is 6.70. The summed E-state index contributed by atoms with van der Waals surface area (Å²) in [5, 5.41) is 7.68. The summed E-state index contributed by atoms with van der Waals surface area (Å²) in [6.45, 7) is 6.20. The molecule has 3 rings (SSSR count). The number of nitrogens with one attached hydrogen (secondary N) is 1. The standard InChI is InChI=1S/C14H19N5/c1-8-9(2)18-19(10(8)3)13-7-12(15-4)16-14(17-13)11-5-6-11/h7,11H,5-6H2,1-4H3,(H,15,16,17). The van der Waals surface area contributed by atoms with Gasteiger partial charge in [-0.15, -0.1) is 0 Å². The first kappa shape index (κ1) is 12.1. The zero-order chi connectivity index (χ0) is 13.6. The Kier molecular flexibility index (Phi) is 2.77. The van der Waals surface area contributed by atoms with Crippen LogP contribution in [0.5, 0.6) is 0 Å². The highest BCUT2D eigenvalue weighted by Gasteiger charge is 2.27. The summed E-state index contributed by atoms with van der Waals surface area (Å²) in [5.74, 6) is 3.18. The first-order chi connectivity index (χ1) is 9.10. The van der Waals surface area contributed by atoms with Crippen LogP contribution in [0.4, 0.5) is 5.82 Å². The molecule has 2 heterocycles. The summed E-state index contributed by atoms with van der Waals surface area (Å²) in [7, 11) is 1.88. The van der Waals surface area contributed by atoms with E-state index >= 15 is 0 Å². The van der Waals surface area contributed by atoms with E-state index in [1.807, 2.05) is 24.7 Å². The second-order valence-electron chi connectivity index (χ2n) is 5.20. The fraction of sp³-hybridized carbons (Fsp3) is 0.500. The minimum atomic E-state index is 0.533. The smallest absolute Gasteiger partial charge is 0.159 e. The Morgan fingerprint density at radius 2 is 1.95 bits per heavy atom. The molecule has 5 nitrogen and oxygen atoms in total. The number of nitrogens with zero attached hydrogens (tertiary/aromatic N) is 4. The minimum absolute atomic E-state index is 0.533. The molecule has 2 aromatic rings. The van der Waals surface area contributed by atoms with Crippen molar-refractivity contribution in [2.45, 2.75) is 39.5 Å². The molecule has 100 valence electrons. The van der Waals surface area contributed by atoms with Crippen LogP contribution in [-0.2, 0) is 0 Å². The molecule has 1 aliphatic carbocycles. The van der Waals surface area contributed by atoms with E-state index in [4.69, 9.17) is 0 Å². The van der Waals surface area contributed by atoms with Crippen molar-refractivity contribution in [2.24, 2.45) is 0 Å². The molecule has 0 unspecified atom stereocenters. The highest BCUT2D eigenvalue weighted by Crippen LogP contribution is 2.38. The SMILES string of the molecule is CNc1cc(-n2nc(C)c(C)c2C)nc(C2CC2)n1. The molecular weight excluding hydrogens is 238 g/mol. The van der Waals surface area contributed by atoms with Crippen molar-refractivity contribution < 1.29 is 0 Å². The lowest BCUT2D eigenvalue weighted by Gasteiger charge is -2.08. The van der Waals surface area contributed by atoms with Crippen LogP contribution in [0.3, 0.4) is 0 Å². The maximum atomic E-state index is 4.68. The zero-order valence-electron chi connectivity index (χ0n) is 11.9. The third-order valence-corrected chi connectivity index (χ3v) is 3.80. The second kappa shape index (κ2) is 4.33. The van der Waals surface area contributed by atoms with Crippen molar-refractivity contribution in [2.75, 3.05) is 12.4 Å². The van der Waals surface area contributed by atoms with Gasteiger partial charge in [0.15, 0.2) is 5.82 Å². The van der Waals surface area contributed by atoms with Gasteiger partial charge in [-0.1, -0.05) is 0 Å². The topological polar surface area (TPSA) is 55.6 Å². The number of hydrogen-bond acceptors (Lipinski definition) is 4. The number of anilines is 1. The monoisotopic (exact) mass is 257 g/mol.